The summed E-state index contributed by atoms with van der Waals surface area (Å²) in [5, 5.41) is 0. The maximum Gasteiger partial charge on any atom is 0.280 e. The Bertz CT molecular complexity index is 317. The molecule has 0 bridgehead atoms. The lowest BCUT2D eigenvalue weighted by atomic mass is 10.2. The first-order chi connectivity index (χ1) is 6.06. The molecule has 2 nitrogen and oxygen atoms in total. The van der Waals surface area contributed by atoms with E-state index in [0.29, 0.717) is 0 Å². The van der Waals surface area contributed by atoms with Crippen molar-refractivity contribution in [1.82, 2.24) is 4.98 Å². The quantitative estimate of drug-likeness (QED) is 0.824. The number of pyridine rings is 1. The van der Waals surface area contributed by atoms with Crippen LogP contribution in [0, 0.1) is 5.95 Å². The van der Waals surface area contributed by atoms with E-state index in [4.69, 9.17) is 5.73 Å². The largest absolute Gasteiger partial charge is 0.326 e. The Hall–Kier alpha value is -0.620. The van der Waals surface area contributed by atoms with Crippen LogP contribution in [0.5, 0.6) is 0 Å². The SMILES string of the molecule is NCc1cc(Br)c(F)nc1C(F)F. The van der Waals surface area contributed by atoms with Gasteiger partial charge in [-0.2, -0.15) is 4.39 Å². The van der Waals surface area contributed by atoms with Gasteiger partial charge in [0.2, 0.25) is 5.95 Å². The van der Waals surface area contributed by atoms with Crippen molar-refractivity contribution in [2.45, 2.75) is 13.0 Å². The molecule has 1 heterocycles. The number of alkyl halides is 2. The second-order valence-corrected chi connectivity index (χ2v) is 3.16. The third kappa shape index (κ3) is 2.19. The highest BCUT2D eigenvalue weighted by molar-refractivity contribution is 9.10. The first kappa shape index (κ1) is 10.5. The summed E-state index contributed by atoms with van der Waals surface area (Å²) < 4.78 is 37.2. The predicted octanol–water partition coefficient (Wildman–Crippen LogP) is 2.38. The van der Waals surface area contributed by atoms with Crippen molar-refractivity contribution < 1.29 is 13.2 Å². The van der Waals surface area contributed by atoms with Crippen LogP contribution in [-0.4, -0.2) is 4.98 Å². The molecule has 0 aliphatic rings. The van der Waals surface area contributed by atoms with Crippen molar-refractivity contribution in [3.63, 3.8) is 0 Å². The Kier molecular flexibility index (Phi) is 3.27. The van der Waals surface area contributed by atoms with Gasteiger partial charge in [-0.25, -0.2) is 13.8 Å². The molecule has 0 saturated heterocycles. The molecule has 1 aromatic rings. The summed E-state index contributed by atoms with van der Waals surface area (Å²) in [6.45, 7) is -0.0917. The van der Waals surface area contributed by atoms with E-state index in [9.17, 15) is 13.2 Å². The second-order valence-electron chi connectivity index (χ2n) is 2.31. The minimum atomic E-state index is -2.80. The molecule has 6 heteroatoms. The minimum Gasteiger partial charge on any atom is -0.326 e. The monoisotopic (exact) mass is 254 g/mol. The van der Waals surface area contributed by atoms with Gasteiger partial charge in [-0.1, -0.05) is 0 Å². The predicted molar refractivity (Wildman–Crippen MR) is 44.7 cm³/mol. The van der Waals surface area contributed by atoms with E-state index in [0.717, 1.165) is 0 Å². The van der Waals surface area contributed by atoms with Gasteiger partial charge in [0.15, 0.2) is 0 Å². The van der Waals surface area contributed by atoms with Crippen molar-refractivity contribution in [3.8, 4) is 0 Å². The third-order valence-electron chi connectivity index (χ3n) is 1.47. The van der Waals surface area contributed by atoms with Crippen molar-refractivity contribution in [2.75, 3.05) is 0 Å². The van der Waals surface area contributed by atoms with Gasteiger partial charge >= 0.3 is 0 Å². The van der Waals surface area contributed by atoms with Crippen molar-refractivity contribution in [3.05, 3.63) is 27.7 Å². The number of rotatable bonds is 2. The van der Waals surface area contributed by atoms with Crippen molar-refractivity contribution in [2.24, 2.45) is 5.73 Å². The fourth-order valence-corrected chi connectivity index (χ4v) is 1.23. The zero-order chi connectivity index (χ0) is 10.0. The number of halogens is 4. The van der Waals surface area contributed by atoms with Gasteiger partial charge in [-0.3, -0.25) is 0 Å². The molecule has 0 aliphatic carbocycles. The van der Waals surface area contributed by atoms with Crippen molar-refractivity contribution in [1.29, 1.82) is 0 Å². The maximum absolute atomic E-state index is 12.7. The number of nitrogens with zero attached hydrogens (tertiary/aromatic N) is 1. The normalized spacial score (nSPS) is 10.9. The van der Waals surface area contributed by atoms with Gasteiger partial charge in [0.25, 0.3) is 6.43 Å². The molecule has 0 unspecified atom stereocenters. The Morgan fingerprint density at radius 2 is 2.15 bits per heavy atom. The van der Waals surface area contributed by atoms with Gasteiger partial charge in [-0.15, -0.1) is 0 Å². The third-order valence-corrected chi connectivity index (χ3v) is 2.03. The molecular formula is C7H6BrF3N2. The van der Waals surface area contributed by atoms with Crippen LogP contribution in [0.4, 0.5) is 13.2 Å². The first-order valence-corrected chi connectivity index (χ1v) is 4.18. The van der Waals surface area contributed by atoms with E-state index in [2.05, 4.69) is 20.9 Å². The van der Waals surface area contributed by atoms with Crippen LogP contribution in [0.1, 0.15) is 17.7 Å². The van der Waals surface area contributed by atoms with Gasteiger partial charge in [0.05, 0.1) is 4.47 Å². The molecule has 0 aromatic carbocycles. The molecule has 1 aromatic heterocycles. The summed E-state index contributed by atoms with van der Waals surface area (Å²) in [7, 11) is 0. The summed E-state index contributed by atoms with van der Waals surface area (Å²) in [5.74, 6) is -0.951. The fraction of sp³-hybridized carbons (Fsp3) is 0.286. The Morgan fingerprint density at radius 1 is 1.54 bits per heavy atom. The van der Waals surface area contributed by atoms with E-state index < -0.39 is 18.1 Å². The number of hydrogen-bond donors (Lipinski definition) is 1. The summed E-state index contributed by atoms with van der Waals surface area (Å²) in [6, 6.07) is 1.21. The highest BCUT2D eigenvalue weighted by Crippen LogP contribution is 2.24. The highest BCUT2D eigenvalue weighted by Gasteiger charge is 2.16. The molecular weight excluding hydrogens is 249 g/mol. The standard InChI is InChI=1S/C7H6BrF3N2/c8-4-1-3(2-12)5(6(9)10)13-7(4)11/h1,6H,2,12H2. The first-order valence-electron chi connectivity index (χ1n) is 3.39. The molecule has 0 amide bonds. The van der Waals surface area contributed by atoms with E-state index in [1.165, 1.54) is 6.07 Å². The molecule has 0 spiro atoms. The maximum atomic E-state index is 12.7. The molecule has 0 saturated carbocycles. The number of nitrogens with two attached hydrogens (primary N) is 1. The average molecular weight is 255 g/mol. The summed E-state index contributed by atoms with van der Waals surface area (Å²) >= 11 is 2.83. The molecule has 0 radical (unpaired) electrons. The van der Waals surface area contributed by atoms with E-state index in [1.54, 1.807) is 0 Å². The van der Waals surface area contributed by atoms with Crippen LogP contribution in [-0.2, 0) is 6.54 Å². The fourth-order valence-electron chi connectivity index (χ4n) is 0.870. The van der Waals surface area contributed by atoms with E-state index in [-0.39, 0.29) is 16.6 Å². The summed E-state index contributed by atoms with van der Waals surface area (Å²) in [5.41, 5.74) is 4.74. The lowest BCUT2D eigenvalue weighted by molar-refractivity contribution is 0.143. The Balaban J connectivity index is 3.25. The molecule has 0 fully saturated rings. The Labute approximate surface area is 81.1 Å². The van der Waals surface area contributed by atoms with Crippen LogP contribution < -0.4 is 5.73 Å². The summed E-state index contributed by atoms with van der Waals surface area (Å²) in [4.78, 5) is 3.10. The second kappa shape index (κ2) is 4.06. The van der Waals surface area contributed by atoms with E-state index >= 15 is 0 Å². The molecule has 0 aliphatic heterocycles. The lowest BCUT2D eigenvalue weighted by Gasteiger charge is -2.06. The topological polar surface area (TPSA) is 38.9 Å². The zero-order valence-electron chi connectivity index (χ0n) is 6.40. The van der Waals surface area contributed by atoms with Gasteiger partial charge in [0.1, 0.15) is 5.69 Å². The van der Waals surface area contributed by atoms with Crippen LogP contribution >= 0.6 is 15.9 Å². The zero-order valence-corrected chi connectivity index (χ0v) is 7.98. The number of aromatic nitrogens is 1. The molecule has 2 N–H and O–H groups in total. The smallest absolute Gasteiger partial charge is 0.280 e. The molecule has 13 heavy (non-hydrogen) atoms. The summed E-state index contributed by atoms with van der Waals surface area (Å²) in [6.07, 6.45) is -2.80. The van der Waals surface area contributed by atoms with Crippen LogP contribution in [0.3, 0.4) is 0 Å². The number of hydrogen-bond acceptors (Lipinski definition) is 2. The van der Waals surface area contributed by atoms with Crippen LogP contribution in [0.2, 0.25) is 0 Å². The van der Waals surface area contributed by atoms with Gasteiger partial charge in [-0.05, 0) is 27.6 Å². The van der Waals surface area contributed by atoms with Crippen LogP contribution in [0.15, 0.2) is 10.5 Å². The minimum absolute atomic E-state index is 0.0392. The molecule has 72 valence electrons. The molecule has 1 rings (SSSR count). The molecule has 0 atom stereocenters. The van der Waals surface area contributed by atoms with Crippen molar-refractivity contribution >= 4 is 15.9 Å². The van der Waals surface area contributed by atoms with Gasteiger partial charge < -0.3 is 5.73 Å². The average Bonchev–Trinajstić information content (AvgIpc) is 2.08. The van der Waals surface area contributed by atoms with Gasteiger partial charge in [0, 0.05) is 6.54 Å². The van der Waals surface area contributed by atoms with E-state index in [1.807, 2.05) is 0 Å². The lowest BCUT2D eigenvalue weighted by Crippen LogP contribution is -2.06. The Morgan fingerprint density at radius 3 is 2.62 bits per heavy atom. The van der Waals surface area contributed by atoms with Crippen LogP contribution in [0.25, 0.3) is 0 Å². The highest BCUT2D eigenvalue weighted by atomic mass is 79.9.